The van der Waals surface area contributed by atoms with Crippen LogP contribution in [-0.2, 0) is 18.2 Å². The number of aryl methyl sites for hydroxylation is 1. The van der Waals surface area contributed by atoms with E-state index in [1.807, 2.05) is 4.90 Å². The molecule has 0 unspecified atom stereocenters. The highest BCUT2D eigenvalue weighted by Gasteiger charge is 2.43. The molecule has 8 nitrogen and oxygen atoms in total. The lowest BCUT2D eigenvalue weighted by Crippen LogP contribution is -2.45. The fraction of sp³-hybridized carbons (Fsp3) is 0.667. The minimum Gasteiger partial charge on any atom is -0.425 e. The summed E-state index contributed by atoms with van der Waals surface area (Å²) in [4.78, 5) is 14.6. The lowest BCUT2D eigenvalue weighted by molar-refractivity contribution is 0.0594. The molecule has 1 amide bonds. The van der Waals surface area contributed by atoms with E-state index >= 15 is 0 Å². The van der Waals surface area contributed by atoms with Crippen molar-refractivity contribution in [1.29, 1.82) is 0 Å². The zero-order valence-electron chi connectivity index (χ0n) is 14.9. The molecular formula is C18H23N5O3. The summed E-state index contributed by atoms with van der Waals surface area (Å²) < 4.78 is 13.5. The molecule has 0 N–H and O–H groups in total. The summed E-state index contributed by atoms with van der Waals surface area (Å²) in [6.07, 6.45) is 5.72. The van der Waals surface area contributed by atoms with E-state index < -0.39 is 0 Å². The van der Waals surface area contributed by atoms with E-state index in [0.717, 1.165) is 38.2 Å². The molecule has 2 aromatic rings. The molecule has 138 valence electrons. The number of ether oxygens (including phenoxy) is 1. The Morgan fingerprint density at radius 3 is 2.96 bits per heavy atom. The van der Waals surface area contributed by atoms with Crippen molar-refractivity contribution in [2.45, 2.75) is 37.7 Å². The SMILES string of the molecule is Cn1nccc1C(=O)N1CC[C@@H]2[C@@H](CO[C@H]2Cc2nnc(C3CC3)o2)C1. The molecule has 1 saturated carbocycles. The second-order valence-electron chi connectivity index (χ2n) is 7.69. The van der Waals surface area contributed by atoms with Gasteiger partial charge in [-0.15, -0.1) is 10.2 Å². The predicted octanol–water partition coefficient (Wildman–Crippen LogP) is 1.40. The molecule has 3 atom stereocenters. The number of aromatic nitrogens is 4. The van der Waals surface area contributed by atoms with E-state index in [-0.39, 0.29) is 12.0 Å². The largest absolute Gasteiger partial charge is 0.425 e. The lowest BCUT2D eigenvalue weighted by atomic mass is 9.83. The molecule has 3 fully saturated rings. The number of rotatable bonds is 4. The third-order valence-corrected chi connectivity index (χ3v) is 5.91. The van der Waals surface area contributed by atoms with Crippen LogP contribution in [0.15, 0.2) is 16.7 Å². The van der Waals surface area contributed by atoms with Gasteiger partial charge in [-0.3, -0.25) is 9.48 Å². The highest BCUT2D eigenvalue weighted by molar-refractivity contribution is 5.92. The predicted molar refractivity (Wildman–Crippen MR) is 90.4 cm³/mol. The summed E-state index contributed by atoms with van der Waals surface area (Å²) in [6.45, 7) is 2.18. The Kier molecular flexibility index (Phi) is 3.81. The molecule has 0 radical (unpaired) electrons. The Bertz CT molecular complexity index is 811. The summed E-state index contributed by atoms with van der Waals surface area (Å²) in [5.74, 6) is 2.82. The van der Waals surface area contributed by atoms with Gasteiger partial charge < -0.3 is 14.1 Å². The van der Waals surface area contributed by atoms with Gasteiger partial charge in [0.25, 0.3) is 5.91 Å². The Balaban J connectivity index is 1.22. The van der Waals surface area contributed by atoms with Crippen molar-refractivity contribution < 1.29 is 13.9 Å². The molecule has 3 aliphatic rings. The minimum absolute atomic E-state index is 0.0536. The van der Waals surface area contributed by atoms with E-state index in [2.05, 4.69) is 15.3 Å². The van der Waals surface area contributed by atoms with Crippen LogP contribution in [0, 0.1) is 11.8 Å². The summed E-state index contributed by atoms with van der Waals surface area (Å²) in [5, 5.41) is 12.5. The van der Waals surface area contributed by atoms with Gasteiger partial charge >= 0.3 is 0 Å². The Labute approximate surface area is 151 Å². The summed E-state index contributed by atoms with van der Waals surface area (Å²) in [5.41, 5.74) is 0.636. The lowest BCUT2D eigenvalue weighted by Gasteiger charge is -2.35. The number of hydrogen-bond donors (Lipinski definition) is 0. The normalized spacial score (nSPS) is 28.3. The van der Waals surface area contributed by atoms with Gasteiger partial charge in [-0.05, 0) is 31.2 Å². The Hall–Kier alpha value is -2.22. The van der Waals surface area contributed by atoms with Crippen molar-refractivity contribution in [1.82, 2.24) is 24.9 Å². The minimum atomic E-state index is 0.0536. The van der Waals surface area contributed by atoms with E-state index in [0.29, 0.717) is 42.4 Å². The number of carbonyl (C=O) groups excluding carboxylic acids is 1. The first-order valence-electron chi connectivity index (χ1n) is 9.40. The number of likely N-dealkylation sites (tertiary alicyclic amines) is 1. The molecule has 1 aliphatic carbocycles. The van der Waals surface area contributed by atoms with Crippen LogP contribution in [0.4, 0.5) is 0 Å². The van der Waals surface area contributed by atoms with E-state index in [4.69, 9.17) is 9.15 Å². The van der Waals surface area contributed by atoms with E-state index in [1.165, 1.54) is 0 Å². The number of amides is 1. The highest BCUT2D eigenvalue weighted by Crippen LogP contribution is 2.40. The molecule has 8 heteroatoms. The van der Waals surface area contributed by atoms with Gasteiger partial charge in [-0.2, -0.15) is 5.10 Å². The summed E-state index contributed by atoms with van der Waals surface area (Å²) in [7, 11) is 1.80. The van der Waals surface area contributed by atoms with E-state index in [1.54, 1.807) is 24.0 Å². The molecule has 4 heterocycles. The Morgan fingerprint density at radius 1 is 1.31 bits per heavy atom. The van der Waals surface area contributed by atoms with Gasteiger partial charge in [-0.1, -0.05) is 0 Å². The second kappa shape index (κ2) is 6.19. The fourth-order valence-electron chi connectivity index (χ4n) is 4.24. The first kappa shape index (κ1) is 16.0. The van der Waals surface area contributed by atoms with Gasteiger partial charge in [0.05, 0.1) is 19.1 Å². The topological polar surface area (TPSA) is 86.3 Å². The standard InChI is InChI=1S/C18H23N5O3/c1-22-14(4-6-19-22)18(24)23-7-5-13-12(9-23)10-25-15(13)8-16-20-21-17(26-16)11-2-3-11/h4,6,11-13,15H,2-3,5,7-10H2,1H3/t12-,13-,15+/m1/s1. The Morgan fingerprint density at radius 2 is 2.19 bits per heavy atom. The molecule has 26 heavy (non-hydrogen) atoms. The van der Waals surface area contributed by atoms with Crippen LogP contribution in [0.25, 0.3) is 0 Å². The smallest absolute Gasteiger partial charge is 0.272 e. The first-order valence-corrected chi connectivity index (χ1v) is 9.40. The average molecular weight is 357 g/mol. The number of hydrogen-bond acceptors (Lipinski definition) is 6. The molecule has 5 rings (SSSR count). The molecule has 2 saturated heterocycles. The maximum Gasteiger partial charge on any atom is 0.272 e. The number of carbonyl (C=O) groups is 1. The fourth-order valence-corrected chi connectivity index (χ4v) is 4.24. The van der Waals surface area contributed by atoms with Crippen LogP contribution in [0.3, 0.4) is 0 Å². The maximum absolute atomic E-state index is 12.7. The summed E-state index contributed by atoms with van der Waals surface area (Å²) >= 11 is 0. The van der Waals surface area contributed by atoms with Gasteiger partial charge in [-0.25, -0.2) is 0 Å². The van der Waals surface area contributed by atoms with Crippen LogP contribution >= 0.6 is 0 Å². The maximum atomic E-state index is 12.7. The number of nitrogens with zero attached hydrogens (tertiary/aromatic N) is 5. The molecular weight excluding hydrogens is 334 g/mol. The second-order valence-corrected chi connectivity index (χ2v) is 7.69. The molecule has 0 spiro atoms. The third kappa shape index (κ3) is 2.82. The van der Waals surface area contributed by atoms with Crippen molar-refractivity contribution >= 4 is 5.91 Å². The van der Waals surface area contributed by atoms with Crippen LogP contribution in [0.1, 0.15) is 47.5 Å². The van der Waals surface area contributed by atoms with Crippen LogP contribution in [0.5, 0.6) is 0 Å². The number of piperidine rings is 1. The van der Waals surface area contributed by atoms with Gasteiger partial charge in [0.15, 0.2) is 0 Å². The van der Waals surface area contributed by atoms with Gasteiger partial charge in [0.1, 0.15) is 5.69 Å². The van der Waals surface area contributed by atoms with E-state index in [9.17, 15) is 4.79 Å². The molecule has 2 aliphatic heterocycles. The monoisotopic (exact) mass is 357 g/mol. The van der Waals surface area contributed by atoms with Crippen molar-refractivity contribution in [3.8, 4) is 0 Å². The highest BCUT2D eigenvalue weighted by atomic mass is 16.5. The van der Waals surface area contributed by atoms with Crippen molar-refractivity contribution in [3.05, 3.63) is 29.7 Å². The molecule has 0 aromatic carbocycles. The zero-order valence-corrected chi connectivity index (χ0v) is 14.9. The number of fused-ring (bicyclic) bond motifs is 1. The zero-order chi connectivity index (χ0) is 17.7. The average Bonchev–Trinajstić information content (AvgIpc) is 3.05. The summed E-state index contributed by atoms with van der Waals surface area (Å²) in [6, 6.07) is 1.77. The van der Waals surface area contributed by atoms with Crippen LogP contribution in [0.2, 0.25) is 0 Å². The van der Waals surface area contributed by atoms with Crippen molar-refractivity contribution in [2.75, 3.05) is 19.7 Å². The molecule has 0 bridgehead atoms. The quantitative estimate of drug-likeness (QED) is 0.822. The first-order chi connectivity index (χ1) is 12.7. The van der Waals surface area contributed by atoms with Crippen molar-refractivity contribution in [2.24, 2.45) is 18.9 Å². The van der Waals surface area contributed by atoms with Gasteiger partial charge in [0.2, 0.25) is 11.8 Å². The van der Waals surface area contributed by atoms with Crippen LogP contribution in [-0.4, -0.2) is 56.6 Å². The molecule has 2 aromatic heterocycles. The third-order valence-electron chi connectivity index (χ3n) is 5.91. The van der Waals surface area contributed by atoms with Crippen LogP contribution < -0.4 is 0 Å². The van der Waals surface area contributed by atoms with Crippen molar-refractivity contribution in [3.63, 3.8) is 0 Å². The van der Waals surface area contributed by atoms with Gasteiger partial charge in [0, 0.05) is 38.2 Å².